The highest BCUT2D eigenvalue weighted by atomic mass is 127. The Labute approximate surface area is 179 Å². The Morgan fingerprint density at radius 3 is 2.52 bits per heavy atom. The van der Waals surface area contributed by atoms with Crippen LogP contribution in [0.1, 0.15) is 12.8 Å². The molecule has 3 rings (SSSR count). The van der Waals surface area contributed by atoms with Crippen molar-refractivity contribution in [3.63, 3.8) is 0 Å². The first-order valence-electron chi connectivity index (χ1n) is 9.40. The second-order valence-corrected chi connectivity index (χ2v) is 6.58. The minimum absolute atomic E-state index is 0. The van der Waals surface area contributed by atoms with Gasteiger partial charge in [-0.1, -0.05) is 11.6 Å². The zero-order valence-corrected chi connectivity index (χ0v) is 18.6. The number of benzene rings is 1. The van der Waals surface area contributed by atoms with Gasteiger partial charge < -0.3 is 24.6 Å². The van der Waals surface area contributed by atoms with E-state index in [1.807, 2.05) is 19.2 Å². The number of halogens is 1. The van der Waals surface area contributed by atoms with Crippen LogP contribution in [0.5, 0.6) is 5.75 Å². The fraction of sp³-hybridized carbons (Fsp3) is 0.550. The molecule has 0 spiro atoms. The number of methoxy groups -OCH3 is 1. The lowest BCUT2D eigenvalue weighted by molar-refractivity contribution is 0.153. The first-order chi connectivity index (χ1) is 12.8. The van der Waals surface area contributed by atoms with Crippen molar-refractivity contribution in [1.29, 1.82) is 0 Å². The highest BCUT2D eigenvalue weighted by Crippen LogP contribution is 2.20. The SMILES string of the molecule is CN=C(NCCC1=CCOCC1)N1CCN(c2ccc(OC)cc2)CC1.I. The van der Waals surface area contributed by atoms with E-state index in [1.165, 1.54) is 11.3 Å². The number of nitrogens with one attached hydrogen (secondary N) is 1. The topological polar surface area (TPSA) is 49.3 Å². The van der Waals surface area contributed by atoms with Gasteiger partial charge in [-0.05, 0) is 37.1 Å². The number of rotatable bonds is 5. The molecule has 1 fully saturated rings. The molecular weight excluding hydrogens is 455 g/mol. The van der Waals surface area contributed by atoms with Crippen LogP contribution >= 0.6 is 24.0 Å². The van der Waals surface area contributed by atoms with Gasteiger partial charge in [-0.25, -0.2) is 0 Å². The number of ether oxygens (including phenoxy) is 2. The zero-order valence-electron chi connectivity index (χ0n) is 16.3. The Morgan fingerprint density at radius 2 is 1.93 bits per heavy atom. The molecule has 1 aromatic carbocycles. The van der Waals surface area contributed by atoms with Gasteiger partial charge in [0.25, 0.3) is 0 Å². The number of hydrogen-bond donors (Lipinski definition) is 1. The van der Waals surface area contributed by atoms with E-state index >= 15 is 0 Å². The van der Waals surface area contributed by atoms with E-state index in [-0.39, 0.29) is 24.0 Å². The largest absolute Gasteiger partial charge is 0.497 e. The lowest BCUT2D eigenvalue weighted by atomic mass is 10.1. The molecule has 0 aliphatic carbocycles. The molecule has 6 nitrogen and oxygen atoms in total. The number of nitrogens with zero attached hydrogens (tertiary/aromatic N) is 3. The molecule has 2 aliphatic rings. The number of hydrogen-bond acceptors (Lipinski definition) is 4. The molecule has 27 heavy (non-hydrogen) atoms. The van der Waals surface area contributed by atoms with Crippen LogP contribution in [0, 0.1) is 0 Å². The Morgan fingerprint density at radius 1 is 1.19 bits per heavy atom. The van der Waals surface area contributed by atoms with Crippen molar-refractivity contribution >= 4 is 35.6 Å². The number of piperazine rings is 1. The van der Waals surface area contributed by atoms with Gasteiger partial charge in [0.1, 0.15) is 5.75 Å². The van der Waals surface area contributed by atoms with Crippen LogP contribution in [0.25, 0.3) is 0 Å². The number of guanidine groups is 1. The smallest absolute Gasteiger partial charge is 0.193 e. The van der Waals surface area contributed by atoms with Crippen LogP contribution in [0.2, 0.25) is 0 Å². The van der Waals surface area contributed by atoms with E-state index in [0.29, 0.717) is 0 Å². The van der Waals surface area contributed by atoms with Crippen molar-refractivity contribution in [3.8, 4) is 5.75 Å². The molecule has 1 aromatic rings. The summed E-state index contributed by atoms with van der Waals surface area (Å²) in [6.07, 6.45) is 4.33. The zero-order chi connectivity index (χ0) is 18.2. The van der Waals surface area contributed by atoms with Crippen LogP contribution in [0.4, 0.5) is 5.69 Å². The van der Waals surface area contributed by atoms with Crippen molar-refractivity contribution in [2.75, 3.05) is 65.0 Å². The van der Waals surface area contributed by atoms with Crippen molar-refractivity contribution < 1.29 is 9.47 Å². The molecule has 1 saturated heterocycles. The van der Waals surface area contributed by atoms with Crippen molar-refractivity contribution in [2.24, 2.45) is 4.99 Å². The van der Waals surface area contributed by atoms with Gasteiger partial charge in [0.2, 0.25) is 0 Å². The monoisotopic (exact) mass is 486 g/mol. The van der Waals surface area contributed by atoms with Crippen LogP contribution in [-0.4, -0.2) is 71.0 Å². The minimum Gasteiger partial charge on any atom is -0.497 e. The van der Waals surface area contributed by atoms with Gasteiger partial charge in [0.15, 0.2) is 5.96 Å². The van der Waals surface area contributed by atoms with E-state index in [0.717, 1.165) is 70.5 Å². The molecule has 2 heterocycles. The maximum Gasteiger partial charge on any atom is 0.193 e. The van der Waals surface area contributed by atoms with Crippen LogP contribution in [-0.2, 0) is 4.74 Å². The summed E-state index contributed by atoms with van der Waals surface area (Å²) in [5.74, 6) is 1.91. The molecule has 150 valence electrons. The Balaban J connectivity index is 0.00000261. The molecule has 1 N–H and O–H groups in total. The molecule has 0 amide bonds. The summed E-state index contributed by atoms with van der Waals surface area (Å²) in [6.45, 7) is 6.48. The third kappa shape index (κ3) is 6.27. The first-order valence-corrected chi connectivity index (χ1v) is 9.40. The van der Waals surface area contributed by atoms with Crippen LogP contribution in [0.3, 0.4) is 0 Å². The summed E-state index contributed by atoms with van der Waals surface area (Å²) >= 11 is 0. The molecule has 2 aliphatic heterocycles. The summed E-state index contributed by atoms with van der Waals surface area (Å²) in [6, 6.07) is 8.30. The third-order valence-electron chi connectivity index (χ3n) is 5.02. The maximum absolute atomic E-state index is 5.36. The van der Waals surface area contributed by atoms with Gasteiger partial charge in [0, 0.05) is 45.5 Å². The first kappa shape index (κ1) is 21.8. The molecule has 0 atom stereocenters. The standard InChI is InChI=1S/C20H30N4O2.HI/c1-21-20(22-10-7-17-8-15-26-16-9-17)24-13-11-23(12-14-24)18-3-5-19(25-2)6-4-18;/h3-6,8H,7,9-16H2,1-2H3,(H,21,22);1H. The Kier molecular flexibility index (Phi) is 9.20. The third-order valence-corrected chi connectivity index (χ3v) is 5.02. The Bertz CT molecular complexity index is 625. The molecular formula is C20H31IN4O2. The summed E-state index contributed by atoms with van der Waals surface area (Å²) < 4.78 is 10.6. The summed E-state index contributed by atoms with van der Waals surface area (Å²) in [5, 5.41) is 3.52. The van der Waals surface area contributed by atoms with Gasteiger partial charge in [-0.3, -0.25) is 4.99 Å². The van der Waals surface area contributed by atoms with Gasteiger partial charge in [0.05, 0.1) is 20.3 Å². The van der Waals surface area contributed by atoms with E-state index in [4.69, 9.17) is 9.47 Å². The van der Waals surface area contributed by atoms with E-state index in [1.54, 1.807) is 7.11 Å². The average molecular weight is 486 g/mol. The second-order valence-electron chi connectivity index (χ2n) is 6.58. The fourth-order valence-electron chi connectivity index (χ4n) is 3.43. The fourth-order valence-corrected chi connectivity index (χ4v) is 3.43. The van der Waals surface area contributed by atoms with Gasteiger partial charge >= 0.3 is 0 Å². The summed E-state index contributed by atoms with van der Waals surface area (Å²) in [7, 11) is 3.57. The van der Waals surface area contributed by atoms with E-state index in [9.17, 15) is 0 Å². The van der Waals surface area contributed by atoms with E-state index in [2.05, 4.69) is 38.3 Å². The molecule has 0 aromatic heterocycles. The highest BCUT2D eigenvalue weighted by molar-refractivity contribution is 14.0. The predicted molar refractivity (Wildman–Crippen MR) is 122 cm³/mol. The number of aliphatic imine (C=N–C) groups is 1. The van der Waals surface area contributed by atoms with Crippen LogP contribution < -0.4 is 15.0 Å². The lowest BCUT2D eigenvalue weighted by Crippen LogP contribution is -2.52. The maximum atomic E-state index is 5.36. The summed E-state index contributed by atoms with van der Waals surface area (Å²) in [5.41, 5.74) is 2.74. The van der Waals surface area contributed by atoms with Crippen molar-refractivity contribution in [2.45, 2.75) is 12.8 Å². The van der Waals surface area contributed by atoms with E-state index < -0.39 is 0 Å². The molecule has 0 radical (unpaired) electrons. The minimum atomic E-state index is 0. The molecule has 0 saturated carbocycles. The lowest BCUT2D eigenvalue weighted by Gasteiger charge is -2.37. The molecule has 7 heteroatoms. The highest BCUT2D eigenvalue weighted by Gasteiger charge is 2.19. The van der Waals surface area contributed by atoms with Gasteiger partial charge in [-0.2, -0.15) is 0 Å². The second kappa shape index (κ2) is 11.4. The Hall–Kier alpha value is -1.48. The number of anilines is 1. The predicted octanol–water partition coefficient (Wildman–Crippen LogP) is 2.75. The normalized spacial score (nSPS) is 17.9. The summed E-state index contributed by atoms with van der Waals surface area (Å²) in [4.78, 5) is 9.23. The average Bonchev–Trinajstić information content (AvgIpc) is 2.72. The van der Waals surface area contributed by atoms with Crippen LogP contribution in [0.15, 0.2) is 40.9 Å². The molecule has 0 unspecified atom stereocenters. The van der Waals surface area contributed by atoms with Gasteiger partial charge in [-0.15, -0.1) is 24.0 Å². The molecule has 0 bridgehead atoms. The van der Waals surface area contributed by atoms with Crippen molar-refractivity contribution in [3.05, 3.63) is 35.9 Å². The quantitative estimate of drug-likeness (QED) is 0.300. The van der Waals surface area contributed by atoms with Crippen molar-refractivity contribution in [1.82, 2.24) is 10.2 Å².